The quantitative estimate of drug-likeness (QED) is 0.872. The number of nitrogens with one attached hydrogen (secondary N) is 1. The van der Waals surface area contributed by atoms with E-state index in [4.69, 9.17) is 5.11 Å². The second kappa shape index (κ2) is 6.27. The summed E-state index contributed by atoms with van der Waals surface area (Å²) in [6.07, 6.45) is -5.46. The molecule has 0 fully saturated rings. The second-order valence-corrected chi connectivity index (χ2v) is 3.94. The summed E-state index contributed by atoms with van der Waals surface area (Å²) in [7, 11) is 0. The van der Waals surface area contributed by atoms with Gasteiger partial charge in [0.05, 0.1) is 12.5 Å². The van der Waals surface area contributed by atoms with Crippen molar-refractivity contribution in [2.75, 3.05) is 0 Å². The number of halogens is 3. The lowest BCUT2D eigenvalue weighted by molar-refractivity contribution is -0.275. The molecule has 0 bridgehead atoms. The predicted octanol–water partition coefficient (Wildman–Crippen LogP) is 2.24. The Hall–Kier alpha value is -2.25. The third-order valence-electron chi connectivity index (χ3n) is 2.28. The van der Waals surface area contributed by atoms with Crippen LogP contribution in [0, 0.1) is 0 Å². The Morgan fingerprint density at radius 3 is 2.45 bits per heavy atom. The number of carboxylic acids is 1. The first kappa shape index (κ1) is 15.8. The third kappa shape index (κ3) is 5.17. The molecule has 1 aromatic carbocycles. The molecule has 0 aliphatic carbocycles. The van der Waals surface area contributed by atoms with Crippen molar-refractivity contribution in [3.05, 3.63) is 29.8 Å². The van der Waals surface area contributed by atoms with Crippen LogP contribution in [0.1, 0.15) is 24.9 Å². The highest BCUT2D eigenvalue weighted by Crippen LogP contribution is 2.31. The monoisotopic (exact) mass is 291 g/mol. The van der Waals surface area contributed by atoms with E-state index in [-0.39, 0.29) is 5.56 Å². The maximum Gasteiger partial charge on any atom is 0.573 e. The summed E-state index contributed by atoms with van der Waals surface area (Å²) in [5.41, 5.74) is -0.0533. The molecule has 0 saturated carbocycles. The molecule has 0 spiro atoms. The highest BCUT2D eigenvalue weighted by atomic mass is 19.4. The second-order valence-electron chi connectivity index (χ2n) is 3.94. The number of para-hydroxylation sites is 1. The van der Waals surface area contributed by atoms with Crippen LogP contribution in [-0.4, -0.2) is 23.3 Å². The minimum Gasteiger partial charge on any atom is -0.481 e. The largest absolute Gasteiger partial charge is 0.573 e. The summed E-state index contributed by atoms with van der Waals surface area (Å²) in [4.78, 5) is 21.8. The first-order valence-electron chi connectivity index (χ1n) is 5.52. The standard InChI is InChI=1S/C12H12F3NO4/c1-7(17)16-9(6-11(18)19)8-4-2-3-5-10(8)20-12(13,14)15/h2-5,9H,6H2,1H3,(H,16,17)(H,18,19)/t9-/m1/s1. The molecule has 5 nitrogen and oxygen atoms in total. The van der Waals surface area contributed by atoms with Crippen LogP contribution in [0.25, 0.3) is 0 Å². The van der Waals surface area contributed by atoms with Crippen LogP contribution in [0.5, 0.6) is 5.75 Å². The van der Waals surface area contributed by atoms with Gasteiger partial charge in [0.15, 0.2) is 0 Å². The minimum absolute atomic E-state index is 0.0533. The van der Waals surface area contributed by atoms with Crippen LogP contribution in [0.4, 0.5) is 13.2 Å². The van der Waals surface area contributed by atoms with Crippen LogP contribution in [-0.2, 0) is 9.59 Å². The summed E-state index contributed by atoms with van der Waals surface area (Å²) >= 11 is 0. The van der Waals surface area contributed by atoms with Crippen molar-refractivity contribution >= 4 is 11.9 Å². The molecule has 0 aromatic heterocycles. The molecule has 0 heterocycles. The van der Waals surface area contributed by atoms with Gasteiger partial charge >= 0.3 is 12.3 Å². The molecule has 1 rings (SSSR count). The molecule has 0 aliphatic heterocycles. The van der Waals surface area contributed by atoms with E-state index < -0.39 is 36.5 Å². The van der Waals surface area contributed by atoms with Crippen molar-refractivity contribution in [2.24, 2.45) is 0 Å². The SMILES string of the molecule is CC(=O)N[C@H](CC(=O)O)c1ccccc1OC(F)(F)F. The first-order valence-corrected chi connectivity index (χ1v) is 5.52. The van der Waals surface area contributed by atoms with E-state index in [1.54, 1.807) is 0 Å². The fourth-order valence-electron chi connectivity index (χ4n) is 1.64. The van der Waals surface area contributed by atoms with Crippen molar-refractivity contribution in [2.45, 2.75) is 25.7 Å². The number of rotatable bonds is 5. The number of carbonyl (C=O) groups excluding carboxylic acids is 1. The number of hydrogen-bond donors (Lipinski definition) is 2. The lowest BCUT2D eigenvalue weighted by Gasteiger charge is -2.20. The lowest BCUT2D eigenvalue weighted by atomic mass is 10.0. The Balaban J connectivity index is 3.11. The molecule has 2 N–H and O–H groups in total. The maximum atomic E-state index is 12.3. The molecule has 1 aromatic rings. The van der Waals surface area contributed by atoms with Gasteiger partial charge in [-0.1, -0.05) is 18.2 Å². The predicted molar refractivity (Wildman–Crippen MR) is 61.9 cm³/mol. The van der Waals surface area contributed by atoms with Crippen LogP contribution in [0.3, 0.4) is 0 Å². The van der Waals surface area contributed by atoms with Gasteiger partial charge in [-0.3, -0.25) is 9.59 Å². The highest BCUT2D eigenvalue weighted by Gasteiger charge is 2.33. The van der Waals surface area contributed by atoms with E-state index in [9.17, 15) is 22.8 Å². The maximum absolute atomic E-state index is 12.3. The zero-order valence-corrected chi connectivity index (χ0v) is 10.4. The Morgan fingerprint density at radius 1 is 1.35 bits per heavy atom. The van der Waals surface area contributed by atoms with Gasteiger partial charge in [0.2, 0.25) is 5.91 Å². The van der Waals surface area contributed by atoms with Gasteiger partial charge in [-0.15, -0.1) is 13.2 Å². The topological polar surface area (TPSA) is 75.6 Å². The Kier molecular flexibility index (Phi) is 4.95. The van der Waals surface area contributed by atoms with Crippen molar-refractivity contribution in [1.82, 2.24) is 5.32 Å². The summed E-state index contributed by atoms with van der Waals surface area (Å²) in [5, 5.41) is 11.1. The average molecular weight is 291 g/mol. The van der Waals surface area contributed by atoms with Crippen LogP contribution in [0.2, 0.25) is 0 Å². The number of ether oxygens (including phenoxy) is 1. The molecule has 110 valence electrons. The van der Waals surface area contributed by atoms with Gasteiger partial charge in [0.1, 0.15) is 5.75 Å². The van der Waals surface area contributed by atoms with E-state index in [0.717, 1.165) is 13.0 Å². The van der Waals surface area contributed by atoms with Crippen LogP contribution in [0.15, 0.2) is 24.3 Å². The number of benzene rings is 1. The van der Waals surface area contributed by atoms with E-state index >= 15 is 0 Å². The summed E-state index contributed by atoms with van der Waals surface area (Å²) in [5.74, 6) is -2.36. The van der Waals surface area contributed by atoms with Gasteiger partial charge in [-0.25, -0.2) is 0 Å². The fourth-order valence-corrected chi connectivity index (χ4v) is 1.64. The average Bonchev–Trinajstić information content (AvgIpc) is 2.25. The van der Waals surface area contributed by atoms with E-state index in [2.05, 4.69) is 10.1 Å². The molecule has 20 heavy (non-hydrogen) atoms. The number of hydrogen-bond acceptors (Lipinski definition) is 3. The molecule has 8 heteroatoms. The molecular weight excluding hydrogens is 279 g/mol. The number of carboxylic acid groups (broad SMARTS) is 1. The van der Waals surface area contributed by atoms with E-state index in [1.807, 2.05) is 0 Å². The molecule has 0 radical (unpaired) electrons. The summed E-state index contributed by atoms with van der Waals surface area (Å²) < 4.78 is 40.7. The number of aliphatic carboxylic acids is 1. The Bertz CT molecular complexity index is 486. The summed E-state index contributed by atoms with van der Waals surface area (Å²) in [6.45, 7) is 1.14. The first-order chi connectivity index (χ1) is 9.19. The molecule has 0 aliphatic rings. The summed E-state index contributed by atoms with van der Waals surface area (Å²) in [6, 6.07) is 3.96. The van der Waals surface area contributed by atoms with Crippen molar-refractivity contribution < 1.29 is 32.6 Å². The Labute approximate surface area is 112 Å². The van der Waals surface area contributed by atoms with Gasteiger partial charge in [0.25, 0.3) is 0 Å². The third-order valence-corrected chi connectivity index (χ3v) is 2.28. The zero-order chi connectivity index (χ0) is 15.3. The number of carbonyl (C=O) groups is 2. The van der Waals surface area contributed by atoms with Crippen molar-refractivity contribution in [1.29, 1.82) is 0 Å². The van der Waals surface area contributed by atoms with E-state index in [1.165, 1.54) is 18.2 Å². The molecule has 0 saturated heterocycles. The van der Waals surface area contributed by atoms with Gasteiger partial charge in [-0.05, 0) is 6.07 Å². The lowest BCUT2D eigenvalue weighted by Crippen LogP contribution is -2.29. The van der Waals surface area contributed by atoms with Crippen molar-refractivity contribution in [3.63, 3.8) is 0 Å². The van der Waals surface area contributed by atoms with E-state index in [0.29, 0.717) is 0 Å². The molecule has 1 atom stereocenters. The molecule has 0 unspecified atom stereocenters. The smallest absolute Gasteiger partial charge is 0.481 e. The fraction of sp³-hybridized carbons (Fsp3) is 0.333. The van der Waals surface area contributed by atoms with Gasteiger partial charge < -0.3 is 15.2 Å². The van der Waals surface area contributed by atoms with Crippen LogP contribution < -0.4 is 10.1 Å². The normalized spacial score (nSPS) is 12.6. The minimum atomic E-state index is -4.90. The highest BCUT2D eigenvalue weighted by molar-refractivity contribution is 5.75. The van der Waals surface area contributed by atoms with Crippen LogP contribution >= 0.6 is 0 Å². The number of alkyl halides is 3. The number of amides is 1. The van der Waals surface area contributed by atoms with Crippen molar-refractivity contribution in [3.8, 4) is 5.75 Å². The van der Waals surface area contributed by atoms with Gasteiger partial charge in [-0.2, -0.15) is 0 Å². The van der Waals surface area contributed by atoms with Gasteiger partial charge in [0, 0.05) is 12.5 Å². The zero-order valence-electron chi connectivity index (χ0n) is 10.4. The Morgan fingerprint density at radius 2 is 1.95 bits per heavy atom. The molecular formula is C12H12F3NO4. The molecule has 1 amide bonds.